The molecule has 0 heterocycles. The van der Waals surface area contributed by atoms with Gasteiger partial charge in [-0.2, -0.15) is 0 Å². The van der Waals surface area contributed by atoms with Crippen molar-refractivity contribution in [3.05, 3.63) is 12.2 Å². The van der Waals surface area contributed by atoms with Crippen molar-refractivity contribution in [2.24, 2.45) is 0 Å². The third-order valence-corrected chi connectivity index (χ3v) is 11.8. The summed E-state index contributed by atoms with van der Waals surface area (Å²) >= 11 is 0. The number of hydrogen-bond acceptors (Lipinski definition) is 6. The van der Waals surface area contributed by atoms with Gasteiger partial charge in [-0.05, 0) is 38.5 Å². The minimum atomic E-state index is -0.765. The van der Waals surface area contributed by atoms with Crippen LogP contribution in [0.5, 0.6) is 0 Å². The zero-order chi connectivity index (χ0) is 43.0. The predicted octanol–water partition coefficient (Wildman–Crippen LogP) is 17.0. The van der Waals surface area contributed by atoms with Crippen LogP contribution in [0.4, 0.5) is 0 Å². The summed E-state index contributed by atoms with van der Waals surface area (Å²) in [4.78, 5) is 37.9. The van der Waals surface area contributed by atoms with Crippen molar-refractivity contribution in [1.29, 1.82) is 0 Å². The molecule has 0 aromatic rings. The van der Waals surface area contributed by atoms with E-state index in [9.17, 15) is 14.4 Å². The van der Waals surface area contributed by atoms with Crippen LogP contribution in [0, 0.1) is 0 Å². The Morgan fingerprint density at radius 1 is 0.322 bits per heavy atom. The first-order valence-corrected chi connectivity index (χ1v) is 26.2. The maximum Gasteiger partial charge on any atom is 0.306 e. The molecule has 348 valence electrons. The Bertz CT molecular complexity index is 916. The minimum absolute atomic E-state index is 0.0673. The van der Waals surface area contributed by atoms with Gasteiger partial charge in [0.1, 0.15) is 13.2 Å². The second-order valence-electron chi connectivity index (χ2n) is 17.8. The molecular formula is C53H100O6. The van der Waals surface area contributed by atoms with E-state index in [0.717, 1.165) is 64.2 Å². The molecule has 6 heteroatoms. The van der Waals surface area contributed by atoms with E-state index < -0.39 is 6.10 Å². The summed E-state index contributed by atoms with van der Waals surface area (Å²) in [6.45, 7) is 6.62. The Labute approximate surface area is 367 Å². The smallest absolute Gasteiger partial charge is 0.306 e. The number of allylic oxidation sites excluding steroid dienone is 2. The second kappa shape index (κ2) is 48.8. The number of rotatable bonds is 48. The van der Waals surface area contributed by atoms with Crippen LogP contribution in [0.25, 0.3) is 0 Å². The van der Waals surface area contributed by atoms with Gasteiger partial charge in [-0.15, -0.1) is 0 Å². The van der Waals surface area contributed by atoms with Crippen molar-refractivity contribution in [3.63, 3.8) is 0 Å². The Balaban J connectivity index is 4.23. The molecule has 0 fully saturated rings. The summed E-state index contributed by atoms with van der Waals surface area (Å²) in [6, 6.07) is 0. The highest BCUT2D eigenvalue weighted by atomic mass is 16.6. The highest BCUT2D eigenvalue weighted by molar-refractivity contribution is 5.71. The molecule has 0 aromatic carbocycles. The highest BCUT2D eigenvalue weighted by Gasteiger charge is 2.19. The molecule has 1 atom stereocenters. The lowest BCUT2D eigenvalue weighted by molar-refractivity contribution is -0.167. The van der Waals surface area contributed by atoms with Crippen molar-refractivity contribution in [2.45, 2.75) is 297 Å². The zero-order valence-corrected chi connectivity index (χ0v) is 39.8. The Hall–Kier alpha value is -1.85. The zero-order valence-electron chi connectivity index (χ0n) is 39.8. The van der Waals surface area contributed by atoms with E-state index in [1.165, 1.54) is 186 Å². The molecule has 0 aromatic heterocycles. The van der Waals surface area contributed by atoms with Crippen LogP contribution in [0.3, 0.4) is 0 Å². The van der Waals surface area contributed by atoms with Gasteiger partial charge in [0, 0.05) is 19.3 Å². The molecular weight excluding hydrogens is 733 g/mol. The molecule has 0 N–H and O–H groups in total. The summed E-state index contributed by atoms with van der Waals surface area (Å²) in [5.41, 5.74) is 0. The SMILES string of the molecule is CCCC/C=C\CCCCCCCC(=O)OC[C@H](COC(=O)CCCCCCCCCCCCCCCCCCCCC)OC(=O)CCCCCCCCCCCCC. The number of carbonyl (C=O) groups excluding carboxylic acids is 3. The molecule has 0 amide bonds. The molecule has 6 nitrogen and oxygen atoms in total. The van der Waals surface area contributed by atoms with Gasteiger partial charge in [0.05, 0.1) is 0 Å². The Morgan fingerprint density at radius 3 is 0.898 bits per heavy atom. The molecule has 0 rings (SSSR count). The van der Waals surface area contributed by atoms with Crippen molar-refractivity contribution in [2.75, 3.05) is 13.2 Å². The Morgan fingerprint density at radius 2 is 0.576 bits per heavy atom. The second-order valence-corrected chi connectivity index (χ2v) is 17.8. The van der Waals surface area contributed by atoms with Crippen LogP contribution in [0.2, 0.25) is 0 Å². The first-order valence-electron chi connectivity index (χ1n) is 26.2. The predicted molar refractivity (Wildman–Crippen MR) is 252 cm³/mol. The van der Waals surface area contributed by atoms with E-state index in [0.29, 0.717) is 19.3 Å². The molecule has 0 saturated carbocycles. The van der Waals surface area contributed by atoms with E-state index in [1.54, 1.807) is 0 Å². The first-order chi connectivity index (χ1) is 29.0. The average Bonchev–Trinajstić information content (AvgIpc) is 3.23. The number of hydrogen-bond donors (Lipinski definition) is 0. The fourth-order valence-corrected chi connectivity index (χ4v) is 7.78. The summed E-state index contributed by atoms with van der Waals surface area (Å²) in [7, 11) is 0. The fourth-order valence-electron chi connectivity index (χ4n) is 7.78. The molecule has 0 aliphatic heterocycles. The van der Waals surface area contributed by atoms with E-state index in [-0.39, 0.29) is 31.1 Å². The van der Waals surface area contributed by atoms with Gasteiger partial charge in [0.2, 0.25) is 0 Å². The topological polar surface area (TPSA) is 78.9 Å². The number of esters is 3. The van der Waals surface area contributed by atoms with E-state index in [4.69, 9.17) is 14.2 Å². The van der Waals surface area contributed by atoms with E-state index >= 15 is 0 Å². The normalized spacial score (nSPS) is 12.0. The molecule has 0 aliphatic carbocycles. The summed E-state index contributed by atoms with van der Waals surface area (Å²) in [6.07, 6.45) is 53.4. The van der Waals surface area contributed by atoms with Crippen LogP contribution in [-0.2, 0) is 28.6 Å². The lowest BCUT2D eigenvalue weighted by Gasteiger charge is -2.18. The van der Waals surface area contributed by atoms with Crippen molar-refractivity contribution in [3.8, 4) is 0 Å². The first kappa shape index (κ1) is 57.1. The fraction of sp³-hybridized carbons (Fsp3) is 0.906. The lowest BCUT2D eigenvalue weighted by atomic mass is 10.0. The average molecular weight is 833 g/mol. The summed E-state index contributed by atoms with van der Waals surface area (Å²) in [5, 5.41) is 0. The summed E-state index contributed by atoms with van der Waals surface area (Å²) < 4.78 is 16.8. The standard InChI is InChI=1S/C53H100O6/c1-4-7-10-13-16-19-22-23-24-25-26-27-28-29-32-34-37-40-43-46-52(55)58-49-50(59-53(56)47-44-41-38-35-31-21-18-15-12-9-6-3)48-57-51(54)45-42-39-36-33-30-20-17-14-11-8-5-2/h14,17,50H,4-13,15-16,18-49H2,1-3H3/b17-14-/t50-/m1/s1. The van der Waals surface area contributed by atoms with Crippen LogP contribution >= 0.6 is 0 Å². The minimum Gasteiger partial charge on any atom is -0.462 e. The van der Waals surface area contributed by atoms with Gasteiger partial charge in [0.15, 0.2) is 6.10 Å². The van der Waals surface area contributed by atoms with E-state index in [2.05, 4.69) is 32.9 Å². The molecule has 59 heavy (non-hydrogen) atoms. The molecule has 0 spiro atoms. The van der Waals surface area contributed by atoms with Crippen LogP contribution in [0.15, 0.2) is 12.2 Å². The molecule has 0 radical (unpaired) electrons. The van der Waals surface area contributed by atoms with Crippen molar-refractivity contribution >= 4 is 17.9 Å². The van der Waals surface area contributed by atoms with Gasteiger partial charge >= 0.3 is 17.9 Å². The highest BCUT2D eigenvalue weighted by Crippen LogP contribution is 2.17. The quantitative estimate of drug-likeness (QED) is 0.0263. The van der Waals surface area contributed by atoms with Gasteiger partial charge < -0.3 is 14.2 Å². The van der Waals surface area contributed by atoms with Gasteiger partial charge in [-0.3, -0.25) is 14.4 Å². The van der Waals surface area contributed by atoms with Gasteiger partial charge in [0.25, 0.3) is 0 Å². The maximum absolute atomic E-state index is 12.7. The monoisotopic (exact) mass is 833 g/mol. The number of carbonyl (C=O) groups is 3. The third-order valence-electron chi connectivity index (χ3n) is 11.8. The number of ether oxygens (including phenoxy) is 3. The van der Waals surface area contributed by atoms with E-state index in [1.807, 2.05) is 0 Å². The summed E-state index contributed by atoms with van der Waals surface area (Å²) in [5.74, 6) is -0.862. The third kappa shape index (κ3) is 47.1. The van der Waals surface area contributed by atoms with Crippen LogP contribution < -0.4 is 0 Å². The maximum atomic E-state index is 12.7. The molecule has 0 aliphatic rings. The lowest BCUT2D eigenvalue weighted by Crippen LogP contribution is -2.30. The Kier molecular flexibility index (Phi) is 47.3. The molecule has 0 bridgehead atoms. The van der Waals surface area contributed by atoms with Crippen LogP contribution in [-0.4, -0.2) is 37.2 Å². The molecule has 0 saturated heterocycles. The van der Waals surface area contributed by atoms with Gasteiger partial charge in [-0.25, -0.2) is 0 Å². The van der Waals surface area contributed by atoms with Crippen LogP contribution in [0.1, 0.15) is 290 Å². The number of unbranched alkanes of at least 4 members (excludes halogenated alkanes) is 35. The molecule has 0 unspecified atom stereocenters. The largest absolute Gasteiger partial charge is 0.462 e. The van der Waals surface area contributed by atoms with Gasteiger partial charge in [-0.1, -0.05) is 245 Å². The van der Waals surface area contributed by atoms with Crippen molar-refractivity contribution < 1.29 is 28.6 Å². The van der Waals surface area contributed by atoms with Crippen molar-refractivity contribution in [1.82, 2.24) is 0 Å².